The molecule has 0 heterocycles. The van der Waals surface area contributed by atoms with E-state index in [0.29, 0.717) is 6.42 Å². The molecule has 0 spiro atoms. The zero-order chi connectivity index (χ0) is 23.6. The number of benzene rings is 1. The highest BCUT2D eigenvalue weighted by atomic mass is 19.4. The van der Waals surface area contributed by atoms with E-state index in [2.05, 4.69) is 4.74 Å². The van der Waals surface area contributed by atoms with Crippen LogP contribution in [-0.4, -0.2) is 44.4 Å². The van der Waals surface area contributed by atoms with Crippen molar-refractivity contribution in [3.05, 3.63) is 59.7 Å². The first-order chi connectivity index (χ1) is 14.5. The van der Waals surface area contributed by atoms with Gasteiger partial charge in [0.15, 0.2) is 0 Å². The number of allylic oxidation sites excluding steroid dienone is 2. The van der Waals surface area contributed by atoms with E-state index in [0.717, 1.165) is 18.2 Å². The van der Waals surface area contributed by atoms with Crippen LogP contribution in [0.2, 0.25) is 0 Å². The first kappa shape index (κ1) is 26.4. The van der Waals surface area contributed by atoms with Crippen molar-refractivity contribution < 1.29 is 32.2 Å². The Labute approximate surface area is 181 Å². The first-order valence-corrected chi connectivity index (χ1v) is 9.88. The van der Waals surface area contributed by atoms with Crippen molar-refractivity contribution in [1.82, 2.24) is 5.32 Å². The second-order valence-corrected chi connectivity index (χ2v) is 7.40. The number of carbonyl (C=O) groups excluding carboxylic acids is 2. The maximum absolute atomic E-state index is 12.7. The molecule has 0 aliphatic heterocycles. The van der Waals surface area contributed by atoms with Crippen LogP contribution in [-0.2, 0) is 25.5 Å². The normalized spacial score (nSPS) is 16.5. The van der Waals surface area contributed by atoms with Crippen molar-refractivity contribution in [2.45, 2.75) is 45.5 Å². The van der Waals surface area contributed by atoms with Crippen LogP contribution in [0.1, 0.15) is 26.3 Å². The summed E-state index contributed by atoms with van der Waals surface area (Å²) in [6, 6.07) is 8.69. The number of nitrogens with one attached hydrogen (secondary N) is 1. The van der Waals surface area contributed by atoms with Gasteiger partial charge >= 0.3 is 18.1 Å². The number of ether oxygens (including phenoxy) is 2. The first-order valence-electron chi connectivity index (χ1n) is 9.88. The third-order valence-electron chi connectivity index (χ3n) is 4.93. The van der Waals surface area contributed by atoms with Gasteiger partial charge in [-0.3, -0.25) is 9.59 Å². The Bertz CT molecular complexity index is 775. The Morgan fingerprint density at radius 2 is 1.74 bits per heavy atom. The zero-order valence-corrected chi connectivity index (χ0v) is 18.4. The minimum Gasteiger partial charge on any atom is -0.469 e. The molecule has 31 heavy (non-hydrogen) atoms. The molecule has 4 atom stereocenters. The number of methoxy groups -OCH3 is 2. The van der Waals surface area contributed by atoms with Gasteiger partial charge in [-0.05, 0) is 25.8 Å². The highest BCUT2D eigenvalue weighted by Crippen LogP contribution is 2.19. The molecule has 172 valence electrons. The van der Waals surface area contributed by atoms with Crippen LogP contribution in [0.4, 0.5) is 13.2 Å². The molecule has 1 aromatic carbocycles. The van der Waals surface area contributed by atoms with E-state index in [1.54, 1.807) is 20.1 Å². The van der Waals surface area contributed by atoms with E-state index in [1.807, 2.05) is 48.6 Å². The number of hydrogen-bond donors (Lipinski definition) is 1. The molecule has 1 amide bonds. The molecule has 0 bridgehead atoms. The largest absolute Gasteiger partial charge is 0.471 e. The lowest BCUT2D eigenvalue weighted by atomic mass is 9.95. The van der Waals surface area contributed by atoms with Gasteiger partial charge in [0.05, 0.1) is 25.2 Å². The SMILES string of the molecule is COC(=O)[C@@H](C)[C@H](/C=C/C(C)=C/[C@H](C)[C@H](Cc1ccccc1)OC)NC(=O)C(F)(F)F. The van der Waals surface area contributed by atoms with E-state index in [1.165, 1.54) is 13.0 Å². The molecule has 0 aromatic heterocycles. The molecular formula is C23H30F3NO4. The van der Waals surface area contributed by atoms with Gasteiger partial charge in [0, 0.05) is 13.0 Å². The molecule has 0 fully saturated rings. The van der Waals surface area contributed by atoms with Crippen molar-refractivity contribution in [1.29, 1.82) is 0 Å². The third-order valence-corrected chi connectivity index (χ3v) is 4.93. The van der Waals surface area contributed by atoms with Gasteiger partial charge in [-0.1, -0.05) is 61.1 Å². The molecule has 1 aromatic rings. The van der Waals surface area contributed by atoms with Gasteiger partial charge in [-0.15, -0.1) is 0 Å². The molecule has 0 aliphatic carbocycles. The summed E-state index contributed by atoms with van der Waals surface area (Å²) in [5.74, 6) is -3.83. The number of amides is 1. The molecule has 8 heteroatoms. The molecule has 0 saturated carbocycles. The Morgan fingerprint density at radius 1 is 1.13 bits per heavy atom. The smallest absolute Gasteiger partial charge is 0.469 e. The van der Waals surface area contributed by atoms with Crippen LogP contribution in [0, 0.1) is 11.8 Å². The maximum atomic E-state index is 12.7. The Morgan fingerprint density at radius 3 is 2.26 bits per heavy atom. The molecule has 0 saturated heterocycles. The molecule has 0 unspecified atom stereocenters. The molecule has 1 N–H and O–H groups in total. The summed E-state index contributed by atoms with van der Waals surface area (Å²) in [6.45, 7) is 5.15. The minimum absolute atomic E-state index is 0.0103. The lowest BCUT2D eigenvalue weighted by molar-refractivity contribution is -0.174. The number of esters is 1. The van der Waals surface area contributed by atoms with Gasteiger partial charge in [0.25, 0.3) is 0 Å². The topological polar surface area (TPSA) is 64.6 Å². The van der Waals surface area contributed by atoms with E-state index >= 15 is 0 Å². The lowest BCUT2D eigenvalue weighted by Crippen LogP contribution is -2.46. The summed E-state index contributed by atoms with van der Waals surface area (Å²) in [5.41, 5.74) is 1.88. The fraction of sp³-hybridized carbons (Fsp3) is 0.478. The average Bonchev–Trinajstić information content (AvgIpc) is 2.73. The highest BCUT2D eigenvalue weighted by Gasteiger charge is 2.40. The van der Waals surface area contributed by atoms with Crippen LogP contribution in [0.5, 0.6) is 0 Å². The van der Waals surface area contributed by atoms with Crippen LogP contribution < -0.4 is 5.32 Å². The molecule has 1 rings (SSSR count). The molecular weight excluding hydrogens is 411 g/mol. The predicted octanol–water partition coefficient (Wildman–Crippen LogP) is 4.24. The predicted molar refractivity (Wildman–Crippen MR) is 112 cm³/mol. The summed E-state index contributed by atoms with van der Waals surface area (Å²) in [7, 11) is 2.76. The van der Waals surface area contributed by atoms with E-state index in [4.69, 9.17) is 4.74 Å². The number of alkyl halides is 3. The summed E-state index contributed by atoms with van der Waals surface area (Å²) >= 11 is 0. The molecule has 0 aliphatic rings. The quantitative estimate of drug-likeness (QED) is 0.436. The number of halogens is 3. The van der Waals surface area contributed by atoms with Gasteiger partial charge in [-0.25, -0.2) is 0 Å². The number of hydrogen-bond acceptors (Lipinski definition) is 4. The van der Waals surface area contributed by atoms with Gasteiger partial charge < -0.3 is 14.8 Å². The second-order valence-electron chi connectivity index (χ2n) is 7.40. The number of rotatable bonds is 10. The Kier molecular flexibility index (Phi) is 10.5. The van der Waals surface area contributed by atoms with Crippen LogP contribution >= 0.6 is 0 Å². The summed E-state index contributed by atoms with van der Waals surface area (Å²) < 4.78 is 48.2. The Balaban J connectivity index is 2.95. The van der Waals surface area contributed by atoms with E-state index in [-0.39, 0.29) is 12.0 Å². The standard InChI is InChI=1S/C23H30F3NO4/c1-15(13-16(2)20(30-4)14-18-9-7-6-8-10-18)11-12-19(17(3)21(28)31-5)27-22(29)23(24,25)26/h6-13,16-17,19-20H,14H2,1-5H3,(H,27,29)/b12-11+,15-13+/t16-,17-,19-,20-/m0/s1. The monoisotopic (exact) mass is 441 g/mol. The summed E-state index contributed by atoms with van der Waals surface area (Å²) in [5, 5.41) is 1.84. The van der Waals surface area contributed by atoms with Crippen molar-refractivity contribution in [3.8, 4) is 0 Å². The third kappa shape index (κ3) is 8.96. The van der Waals surface area contributed by atoms with Gasteiger partial charge in [0.1, 0.15) is 0 Å². The zero-order valence-electron chi connectivity index (χ0n) is 18.4. The molecule has 5 nitrogen and oxygen atoms in total. The fourth-order valence-electron chi connectivity index (χ4n) is 3.07. The van der Waals surface area contributed by atoms with Crippen molar-refractivity contribution in [2.75, 3.05) is 14.2 Å². The maximum Gasteiger partial charge on any atom is 0.471 e. The van der Waals surface area contributed by atoms with Gasteiger partial charge in [0.2, 0.25) is 0 Å². The number of carbonyl (C=O) groups is 2. The molecule has 0 radical (unpaired) electrons. The van der Waals surface area contributed by atoms with Crippen LogP contribution in [0.3, 0.4) is 0 Å². The highest BCUT2D eigenvalue weighted by molar-refractivity contribution is 5.83. The Hall–Kier alpha value is -2.61. The fourth-order valence-corrected chi connectivity index (χ4v) is 3.07. The van der Waals surface area contributed by atoms with E-state index in [9.17, 15) is 22.8 Å². The average molecular weight is 441 g/mol. The van der Waals surface area contributed by atoms with E-state index < -0.39 is 30.0 Å². The van der Waals surface area contributed by atoms with Gasteiger partial charge in [-0.2, -0.15) is 13.2 Å². The van der Waals surface area contributed by atoms with Crippen molar-refractivity contribution in [2.24, 2.45) is 11.8 Å². The summed E-state index contributed by atoms with van der Waals surface area (Å²) in [6.07, 6.45) is 0.425. The van der Waals surface area contributed by atoms with Crippen LogP contribution in [0.15, 0.2) is 54.1 Å². The second kappa shape index (κ2) is 12.3. The minimum atomic E-state index is -5.05. The van der Waals surface area contributed by atoms with Crippen LogP contribution in [0.25, 0.3) is 0 Å². The van der Waals surface area contributed by atoms with Crippen molar-refractivity contribution >= 4 is 11.9 Å². The lowest BCUT2D eigenvalue weighted by Gasteiger charge is -2.22. The summed E-state index contributed by atoms with van der Waals surface area (Å²) in [4.78, 5) is 23.2. The van der Waals surface area contributed by atoms with Crippen molar-refractivity contribution in [3.63, 3.8) is 0 Å².